The molecule has 2 rings (SSSR count). The molecule has 0 aromatic carbocycles. The summed E-state index contributed by atoms with van der Waals surface area (Å²) in [7, 11) is -2.82. The third-order valence-electron chi connectivity index (χ3n) is 4.16. The highest BCUT2D eigenvalue weighted by molar-refractivity contribution is 14.0. The van der Waals surface area contributed by atoms with Crippen molar-refractivity contribution in [3.63, 3.8) is 0 Å². The van der Waals surface area contributed by atoms with Crippen LogP contribution in [0.15, 0.2) is 4.99 Å². The Kier molecular flexibility index (Phi) is 9.13. The summed E-state index contributed by atoms with van der Waals surface area (Å²) in [5.74, 6) is 2.19. The molecule has 1 unspecified atom stereocenters. The Hall–Kier alpha value is -0.0900. The molecule has 2 N–H and O–H groups in total. The molecule has 8 heteroatoms. The fourth-order valence-corrected chi connectivity index (χ4v) is 4.70. The summed E-state index contributed by atoms with van der Waals surface area (Å²) in [5.41, 5.74) is 0. The van der Waals surface area contributed by atoms with Gasteiger partial charge in [0.15, 0.2) is 15.8 Å². The minimum Gasteiger partial charge on any atom is -0.381 e. The van der Waals surface area contributed by atoms with Crippen molar-refractivity contribution in [3.05, 3.63) is 0 Å². The molecule has 0 radical (unpaired) electrons. The van der Waals surface area contributed by atoms with E-state index in [-0.39, 0.29) is 35.6 Å². The Morgan fingerprint density at radius 3 is 2.48 bits per heavy atom. The van der Waals surface area contributed by atoms with Crippen LogP contribution in [0.5, 0.6) is 0 Å². The Labute approximate surface area is 157 Å². The van der Waals surface area contributed by atoms with Crippen LogP contribution in [0.3, 0.4) is 0 Å². The van der Waals surface area contributed by atoms with Gasteiger partial charge in [-0.1, -0.05) is 0 Å². The number of sulfone groups is 1. The minimum absolute atomic E-state index is 0. The van der Waals surface area contributed by atoms with Crippen LogP contribution >= 0.6 is 24.0 Å². The van der Waals surface area contributed by atoms with E-state index in [2.05, 4.69) is 29.5 Å². The lowest BCUT2D eigenvalue weighted by Gasteiger charge is -2.24. The summed E-state index contributed by atoms with van der Waals surface area (Å²) < 4.78 is 28.4. The van der Waals surface area contributed by atoms with E-state index >= 15 is 0 Å². The topological polar surface area (TPSA) is 79.8 Å². The number of guanidine groups is 1. The molecule has 23 heavy (non-hydrogen) atoms. The molecule has 0 aromatic heterocycles. The van der Waals surface area contributed by atoms with Gasteiger partial charge in [-0.25, -0.2) is 8.42 Å². The summed E-state index contributed by atoms with van der Waals surface area (Å²) in [6.45, 7) is 7.31. The van der Waals surface area contributed by atoms with Crippen LogP contribution in [0, 0.1) is 11.8 Å². The first kappa shape index (κ1) is 21.0. The predicted molar refractivity (Wildman–Crippen MR) is 104 cm³/mol. The van der Waals surface area contributed by atoms with Gasteiger partial charge in [0, 0.05) is 32.3 Å². The third-order valence-corrected chi connectivity index (χ3v) is 6.00. The standard InChI is InChI=1S/C15H29N3O3S.HI/c1-12(2)18-15(16-9-13-3-6-21-7-4-13)17-10-14-5-8-22(19,20)11-14;/h12-14H,3-11H2,1-2H3,(H2,16,17,18);1H. The Balaban J connectivity index is 0.00000264. The zero-order valence-electron chi connectivity index (χ0n) is 14.1. The molecule has 6 nitrogen and oxygen atoms in total. The van der Waals surface area contributed by atoms with Crippen molar-refractivity contribution in [2.45, 2.75) is 39.2 Å². The molecule has 136 valence electrons. The fourth-order valence-electron chi connectivity index (χ4n) is 2.85. The minimum atomic E-state index is -2.82. The Morgan fingerprint density at radius 1 is 1.22 bits per heavy atom. The van der Waals surface area contributed by atoms with Crippen LogP contribution in [0.4, 0.5) is 0 Å². The van der Waals surface area contributed by atoms with E-state index in [1.165, 1.54) is 0 Å². The number of rotatable bonds is 5. The van der Waals surface area contributed by atoms with Crippen LogP contribution in [-0.4, -0.2) is 58.2 Å². The molecule has 0 saturated carbocycles. The number of halogens is 1. The van der Waals surface area contributed by atoms with Gasteiger partial charge in [0.1, 0.15) is 0 Å². The summed E-state index contributed by atoms with van der Waals surface area (Å²) in [4.78, 5) is 4.59. The maximum Gasteiger partial charge on any atom is 0.191 e. The average molecular weight is 459 g/mol. The van der Waals surface area contributed by atoms with Crippen LogP contribution in [0.1, 0.15) is 33.1 Å². The average Bonchev–Trinajstić information content (AvgIpc) is 2.82. The smallest absolute Gasteiger partial charge is 0.191 e. The number of nitrogens with zero attached hydrogens (tertiary/aromatic N) is 1. The molecule has 2 fully saturated rings. The molecule has 2 aliphatic rings. The lowest BCUT2D eigenvalue weighted by Crippen LogP contribution is -2.44. The van der Waals surface area contributed by atoms with E-state index in [1.54, 1.807) is 0 Å². The SMILES string of the molecule is CC(C)NC(=NCC1CCS(=O)(=O)C1)NCC1CCOCC1.I. The highest BCUT2D eigenvalue weighted by Gasteiger charge is 2.27. The van der Waals surface area contributed by atoms with Crippen molar-refractivity contribution in [2.75, 3.05) is 37.8 Å². The van der Waals surface area contributed by atoms with Crippen molar-refractivity contribution >= 4 is 39.8 Å². The molecule has 0 spiro atoms. The maximum absolute atomic E-state index is 11.5. The second-order valence-corrected chi connectivity index (χ2v) is 8.92. The highest BCUT2D eigenvalue weighted by atomic mass is 127. The van der Waals surface area contributed by atoms with Gasteiger partial charge in [0.2, 0.25) is 0 Å². The second kappa shape index (κ2) is 10.0. The monoisotopic (exact) mass is 459 g/mol. The van der Waals surface area contributed by atoms with Crippen molar-refractivity contribution in [2.24, 2.45) is 16.8 Å². The van der Waals surface area contributed by atoms with E-state index < -0.39 is 9.84 Å². The van der Waals surface area contributed by atoms with Gasteiger partial charge in [0.05, 0.1) is 11.5 Å². The van der Waals surface area contributed by atoms with Gasteiger partial charge in [-0.2, -0.15) is 0 Å². The van der Waals surface area contributed by atoms with Gasteiger partial charge in [0.25, 0.3) is 0 Å². The van der Waals surface area contributed by atoms with Crippen LogP contribution in [0.25, 0.3) is 0 Å². The van der Waals surface area contributed by atoms with Gasteiger partial charge >= 0.3 is 0 Å². The fraction of sp³-hybridized carbons (Fsp3) is 0.933. The largest absolute Gasteiger partial charge is 0.381 e. The molecule has 2 aliphatic heterocycles. The highest BCUT2D eigenvalue weighted by Crippen LogP contribution is 2.18. The molecule has 0 aliphatic carbocycles. The molecule has 0 aromatic rings. The zero-order valence-corrected chi connectivity index (χ0v) is 17.2. The quantitative estimate of drug-likeness (QED) is 0.369. The first-order chi connectivity index (χ1) is 10.4. The van der Waals surface area contributed by atoms with E-state index in [4.69, 9.17) is 4.74 Å². The first-order valence-corrected chi connectivity index (χ1v) is 10.1. The number of nitrogens with one attached hydrogen (secondary N) is 2. The summed E-state index contributed by atoms with van der Waals surface area (Å²) in [6, 6.07) is 0.299. The second-order valence-electron chi connectivity index (χ2n) is 6.69. The van der Waals surface area contributed by atoms with Crippen molar-refractivity contribution in [1.29, 1.82) is 0 Å². The van der Waals surface area contributed by atoms with Gasteiger partial charge in [-0.3, -0.25) is 4.99 Å². The molecule has 0 amide bonds. The van der Waals surface area contributed by atoms with Gasteiger partial charge in [-0.05, 0) is 44.9 Å². The normalized spacial score (nSPS) is 25.2. The molecule has 0 bridgehead atoms. The Morgan fingerprint density at radius 2 is 1.91 bits per heavy atom. The van der Waals surface area contributed by atoms with Gasteiger partial charge in [-0.15, -0.1) is 24.0 Å². The molecule has 2 heterocycles. The number of aliphatic imine (C=N–C) groups is 1. The Bertz CT molecular complexity index is 476. The summed E-state index contributed by atoms with van der Waals surface area (Å²) in [5, 5.41) is 6.72. The summed E-state index contributed by atoms with van der Waals surface area (Å²) in [6.07, 6.45) is 2.91. The molecule has 2 saturated heterocycles. The van der Waals surface area contributed by atoms with Gasteiger partial charge < -0.3 is 15.4 Å². The van der Waals surface area contributed by atoms with Crippen LogP contribution in [-0.2, 0) is 14.6 Å². The van der Waals surface area contributed by atoms with E-state index in [0.717, 1.165) is 45.0 Å². The lowest BCUT2D eigenvalue weighted by atomic mass is 10.0. The molecule has 1 atom stereocenters. The molecular weight excluding hydrogens is 429 g/mol. The van der Waals surface area contributed by atoms with Crippen LogP contribution in [0.2, 0.25) is 0 Å². The van der Waals surface area contributed by atoms with Crippen molar-refractivity contribution in [3.8, 4) is 0 Å². The summed E-state index contributed by atoms with van der Waals surface area (Å²) >= 11 is 0. The van der Waals surface area contributed by atoms with E-state index in [9.17, 15) is 8.42 Å². The lowest BCUT2D eigenvalue weighted by molar-refractivity contribution is 0.0675. The maximum atomic E-state index is 11.5. The van der Waals surface area contributed by atoms with Crippen molar-refractivity contribution < 1.29 is 13.2 Å². The van der Waals surface area contributed by atoms with Crippen LogP contribution < -0.4 is 10.6 Å². The van der Waals surface area contributed by atoms with E-state index in [0.29, 0.717) is 24.3 Å². The third kappa shape index (κ3) is 8.02. The predicted octanol–water partition coefficient (Wildman–Crippen LogP) is 1.41. The number of ether oxygens (including phenoxy) is 1. The number of hydrogen-bond donors (Lipinski definition) is 2. The van der Waals surface area contributed by atoms with Crippen molar-refractivity contribution in [1.82, 2.24) is 10.6 Å². The zero-order chi connectivity index (χ0) is 16.0. The molecular formula is C15H30IN3O3S. The van der Waals surface area contributed by atoms with E-state index in [1.807, 2.05) is 0 Å². The number of hydrogen-bond acceptors (Lipinski definition) is 4. The first-order valence-electron chi connectivity index (χ1n) is 8.27.